The smallest absolute Gasteiger partial charge is 0.339 e. The van der Waals surface area contributed by atoms with Crippen molar-refractivity contribution in [3.05, 3.63) is 48.0 Å². The van der Waals surface area contributed by atoms with Crippen molar-refractivity contribution in [2.24, 2.45) is 0 Å². The molecule has 0 bridgehead atoms. The van der Waals surface area contributed by atoms with E-state index in [1.807, 2.05) is 30.3 Å². The SMILES string of the molecule is O=C(COC(=O)c1cccc2ccccc12)N[C@H]1CCS(=O)(=O)C1. The predicted molar refractivity (Wildman–Crippen MR) is 89.4 cm³/mol. The summed E-state index contributed by atoms with van der Waals surface area (Å²) in [6.45, 7) is -0.432. The maximum atomic E-state index is 12.2. The Morgan fingerprint density at radius 1 is 1.12 bits per heavy atom. The third-order valence-corrected chi connectivity index (χ3v) is 5.71. The number of sulfone groups is 1. The zero-order valence-electron chi connectivity index (χ0n) is 12.9. The first kappa shape index (κ1) is 16.4. The molecule has 1 N–H and O–H groups in total. The first-order chi connectivity index (χ1) is 11.4. The van der Waals surface area contributed by atoms with Crippen LogP contribution in [0.1, 0.15) is 16.8 Å². The van der Waals surface area contributed by atoms with Crippen LogP contribution < -0.4 is 5.32 Å². The Kier molecular flexibility index (Phi) is 4.53. The number of hydrogen-bond donors (Lipinski definition) is 1. The molecule has 0 aliphatic carbocycles. The summed E-state index contributed by atoms with van der Waals surface area (Å²) in [7, 11) is -3.06. The lowest BCUT2D eigenvalue weighted by Crippen LogP contribution is -2.38. The molecule has 1 aliphatic heterocycles. The second kappa shape index (κ2) is 6.60. The van der Waals surface area contributed by atoms with Gasteiger partial charge in [-0.1, -0.05) is 36.4 Å². The summed E-state index contributed by atoms with van der Waals surface area (Å²) < 4.78 is 27.8. The number of rotatable bonds is 4. The zero-order valence-corrected chi connectivity index (χ0v) is 13.7. The summed E-state index contributed by atoms with van der Waals surface area (Å²) in [4.78, 5) is 24.0. The average molecular weight is 347 g/mol. The Labute approximate surface area is 139 Å². The highest BCUT2D eigenvalue weighted by atomic mass is 32.2. The van der Waals surface area contributed by atoms with Crippen LogP contribution in [-0.4, -0.2) is 44.4 Å². The van der Waals surface area contributed by atoms with Gasteiger partial charge in [-0.25, -0.2) is 13.2 Å². The lowest BCUT2D eigenvalue weighted by Gasteiger charge is -2.11. The quantitative estimate of drug-likeness (QED) is 0.842. The molecule has 2 aromatic carbocycles. The van der Waals surface area contributed by atoms with Gasteiger partial charge < -0.3 is 10.1 Å². The highest BCUT2D eigenvalue weighted by Gasteiger charge is 2.29. The topological polar surface area (TPSA) is 89.5 Å². The number of amides is 1. The molecule has 1 saturated heterocycles. The Hall–Kier alpha value is -2.41. The highest BCUT2D eigenvalue weighted by Crippen LogP contribution is 2.19. The maximum Gasteiger partial charge on any atom is 0.339 e. The highest BCUT2D eigenvalue weighted by molar-refractivity contribution is 7.91. The van der Waals surface area contributed by atoms with Crippen LogP contribution in [0.5, 0.6) is 0 Å². The number of carbonyl (C=O) groups excluding carboxylic acids is 2. The Balaban J connectivity index is 1.60. The Morgan fingerprint density at radius 3 is 2.62 bits per heavy atom. The molecular weight excluding hydrogens is 330 g/mol. The summed E-state index contributed by atoms with van der Waals surface area (Å²) >= 11 is 0. The van der Waals surface area contributed by atoms with Crippen LogP contribution in [0.4, 0.5) is 0 Å². The van der Waals surface area contributed by atoms with Crippen LogP contribution in [-0.2, 0) is 19.4 Å². The zero-order chi connectivity index (χ0) is 17.2. The van der Waals surface area contributed by atoms with E-state index in [-0.39, 0.29) is 11.5 Å². The van der Waals surface area contributed by atoms with Gasteiger partial charge in [-0.2, -0.15) is 0 Å². The van der Waals surface area contributed by atoms with E-state index in [1.54, 1.807) is 12.1 Å². The molecule has 24 heavy (non-hydrogen) atoms. The van der Waals surface area contributed by atoms with Gasteiger partial charge in [0, 0.05) is 6.04 Å². The van der Waals surface area contributed by atoms with Crippen molar-refractivity contribution in [3.8, 4) is 0 Å². The number of ether oxygens (including phenoxy) is 1. The van der Waals surface area contributed by atoms with Gasteiger partial charge in [0.25, 0.3) is 5.91 Å². The Bertz CT molecular complexity index is 885. The van der Waals surface area contributed by atoms with E-state index >= 15 is 0 Å². The van der Waals surface area contributed by atoms with Gasteiger partial charge in [0.1, 0.15) is 0 Å². The number of benzene rings is 2. The minimum atomic E-state index is -3.06. The van der Waals surface area contributed by atoms with Crippen molar-refractivity contribution in [1.29, 1.82) is 0 Å². The van der Waals surface area contributed by atoms with Gasteiger partial charge in [-0.05, 0) is 23.3 Å². The summed E-state index contributed by atoms with van der Waals surface area (Å²) in [5, 5.41) is 4.25. The van der Waals surface area contributed by atoms with Crippen LogP contribution in [0.15, 0.2) is 42.5 Å². The number of hydrogen-bond acceptors (Lipinski definition) is 5. The van der Waals surface area contributed by atoms with E-state index in [0.717, 1.165) is 10.8 Å². The van der Waals surface area contributed by atoms with E-state index < -0.39 is 34.4 Å². The largest absolute Gasteiger partial charge is 0.452 e. The molecule has 0 unspecified atom stereocenters. The predicted octanol–water partition coefficient (Wildman–Crippen LogP) is 1.30. The lowest BCUT2D eigenvalue weighted by molar-refractivity contribution is -0.124. The third kappa shape index (κ3) is 3.73. The van der Waals surface area contributed by atoms with E-state index in [1.165, 1.54) is 0 Å². The first-order valence-electron chi connectivity index (χ1n) is 7.59. The molecule has 7 heteroatoms. The van der Waals surface area contributed by atoms with Crippen molar-refractivity contribution in [1.82, 2.24) is 5.32 Å². The van der Waals surface area contributed by atoms with Gasteiger partial charge in [0.05, 0.1) is 17.1 Å². The first-order valence-corrected chi connectivity index (χ1v) is 9.41. The Morgan fingerprint density at radius 2 is 1.88 bits per heavy atom. The van der Waals surface area contributed by atoms with E-state index in [9.17, 15) is 18.0 Å². The van der Waals surface area contributed by atoms with E-state index in [0.29, 0.717) is 12.0 Å². The molecule has 0 saturated carbocycles. The van der Waals surface area contributed by atoms with E-state index in [4.69, 9.17) is 4.74 Å². The summed E-state index contributed by atoms with van der Waals surface area (Å²) in [5.74, 6) is -1.06. The van der Waals surface area contributed by atoms with Crippen molar-refractivity contribution in [3.63, 3.8) is 0 Å². The molecule has 0 radical (unpaired) electrons. The van der Waals surface area contributed by atoms with Crippen LogP contribution in [0.2, 0.25) is 0 Å². The fourth-order valence-electron chi connectivity index (χ4n) is 2.79. The van der Waals surface area contributed by atoms with Crippen LogP contribution in [0.3, 0.4) is 0 Å². The van der Waals surface area contributed by atoms with Gasteiger partial charge >= 0.3 is 5.97 Å². The van der Waals surface area contributed by atoms with Crippen LogP contribution >= 0.6 is 0 Å². The van der Waals surface area contributed by atoms with Crippen LogP contribution in [0, 0.1) is 0 Å². The molecule has 1 amide bonds. The molecule has 3 rings (SSSR count). The molecular formula is C17H17NO5S. The van der Waals surface area contributed by atoms with Crippen molar-refractivity contribution < 1.29 is 22.7 Å². The van der Waals surface area contributed by atoms with Gasteiger partial charge in [0.2, 0.25) is 0 Å². The fraction of sp³-hybridized carbons (Fsp3) is 0.294. The summed E-state index contributed by atoms with van der Waals surface area (Å²) in [5.41, 5.74) is 0.393. The molecule has 1 heterocycles. The summed E-state index contributed by atoms with van der Waals surface area (Å²) in [6, 6.07) is 12.3. The average Bonchev–Trinajstić information content (AvgIpc) is 2.90. The third-order valence-electron chi connectivity index (χ3n) is 3.94. The van der Waals surface area contributed by atoms with Crippen molar-refractivity contribution >= 4 is 32.5 Å². The van der Waals surface area contributed by atoms with Crippen molar-refractivity contribution in [2.45, 2.75) is 12.5 Å². The monoisotopic (exact) mass is 347 g/mol. The molecule has 0 aromatic heterocycles. The molecule has 1 atom stereocenters. The second-order valence-electron chi connectivity index (χ2n) is 5.77. The number of esters is 1. The molecule has 126 valence electrons. The fourth-order valence-corrected chi connectivity index (χ4v) is 4.46. The van der Waals surface area contributed by atoms with Crippen LogP contribution in [0.25, 0.3) is 10.8 Å². The lowest BCUT2D eigenvalue weighted by atomic mass is 10.1. The normalized spacial score (nSPS) is 19.1. The number of nitrogens with one attached hydrogen (secondary N) is 1. The van der Waals surface area contributed by atoms with Gasteiger partial charge in [-0.3, -0.25) is 4.79 Å². The maximum absolute atomic E-state index is 12.2. The molecule has 6 nitrogen and oxygen atoms in total. The van der Waals surface area contributed by atoms with Gasteiger partial charge in [-0.15, -0.1) is 0 Å². The summed E-state index contributed by atoms with van der Waals surface area (Å²) in [6.07, 6.45) is 0.394. The molecule has 0 spiro atoms. The molecule has 1 fully saturated rings. The minimum Gasteiger partial charge on any atom is -0.452 e. The molecule has 1 aliphatic rings. The number of fused-ring (bicyclic) bond motifs is 1. The second-order valence-corrected chi connectivity index (χ2v) is 8.00. The van der Waals surface area contributed by atoms with Gasteiger partial charge in [0.15, 0.2) is 16.4 Å². The van der Waals surface area contributed by atoms with E-state index in [2.05, 4.69) is 5.32 Å². The standard InChI is InChI=1S/C17H17NO5S/c19-16(18-13-8-9-24(21,22)11-13)10-23-17(20)15-7-3-5-12-4-1-2-6-14(12)15/h1-7,13H,8-11H2,(H,18,19)/t13-/m0/s1. The molecule has 2 aromatic rings. The van der Waals surface area contributed by atoms with Crippen molar-refractivity contribution in [2.75, 3.05) is 18.1 Å². The minimum absolute atomic E-state index is 0.0595. The number of carbonyl (C=O) groups is 2.